The lowest BCUT2D eigenvalue weighted by molar-refractivity contribution is 0.629. The molecular weight excluding hydrogens is 237 g/mol. The summed E-state index contributed by atoms with van der Waals surface area (Å²) in [5.74, 6) is -0.170. The first-order chi connectivity index (χ1) is 9.24. The van der Waals surface area contributed by atoms with E-state index in [1.54, 1.807) is 6.07 Å². The number of rotatable bonds is 3. The zero-order valence-electron chi connectivity index (χ0n) is 10.9. The monoisotopic (exact) mass is 253 g/mol. The molecule has 0 saturated carbocycles. The van der Waals surface area contributed by atoms with Crippen LogP contribution < -0.4 is 0 Å². The maximum absolute atomic E-state index is 13.3. The summed E-state index contributed by atoms with van der Waals surface area (Å²) < 4.78 is 15.5. The molecule has 2 aromatic carbocycles. The van der Waals surface area contributed by atoms with Crippen molar-refractivity contribution in [2.24, 2.45) is 0 Å². The largest absolute Gasteiger partial charge is 0.347 e. The molecule has 0 unspecified atom stereocenters. The van der Waals surface area contributed by atoms with E-state index in [0.717, 1.165) is 29.4 Å². The fourth-order valence-corrected chi connectivity index (χ4v) is 2.53. The Morgan fingerprint density at radius 2 is 1.84 bits per heavy atom. The number of aromatic nitrogens is 1. The Hall–Kier alpha value is -2.09. The summed E-state index contributed by atoms with van der Waals surface area (Å²) in [7, 11) is 0. The topological polar surface area (TPSA) is 4.93 Å². The average Bonchev–Trinajstić information content (AvgIpc) is 2.74. The molecule has 1 nitrogen and oxygen atoms in total. The maximum Gasteiger partial charge on any atom is 0.123 e. The van der Waals surface area contributed by atoms with Crippen molar-refractivity contribution in [3.8, 4) is 0 Å². The number of aryl methyl sites for hydroxylation is 3. The van der Waals surface area contributed by atoms with Crippen LogP contribution in [0.25, 0.3) is 10.9 Å². The minimum Gasteiger partial charge on any atom is -0.347 e. The summed E-state index contributed by atoms with van der Waals surface area (Å²) in [6, 6.07) is 15.4. The van der Waals surface area contributed by atoms with Crippen LogP contribution in [0.4, 0.5) is 4.39 Å². The molecule has 96 valence electrons. The highest BCUT2D eigenvalue weighted by Gasteiger charge is 2.06. The van der Waals surface area contributed by atoms with Crippen molar-refractivity contribution in [2.75, 3.05) is 0 Å². The van der Waals surface area contributed by atoms with E-state index in [9.17, 15) is 4.39 Å². The Morgan fingerprint density at radius 3 is 2.63 bits per heavy atom. The van der Waals surface area contributed by atoms with E-state index in [1.807, 2.05) is 19.1 Å². The van der Waals surface area contributed by atoms with E-state index < -0.39 is 0 Å². The smallest absolute Gasteiger partial charge is 0.123 e. The summed E-state index contributed by atoms with van der Waals surface area (Å²) in [6.45, 7) is 2.95. The van der Waals surface area contributed by atoms with Gasteiger partial charge in [0.05, 0.1) is 0 Å². The number of fused-ring (bicyclic) bond motifs is 1. The van der Waals surface area contributed by atoms with Gasteiger partial charge in [-0.05, 0) is 42.7 Å². The van der Waals surface area contributed by atoms with Gasteiger partial charge in [0.2, 0.25) is 0 Å². The van der Waals surface area contributed by atoms with Crippen molar-refractivity contribution in [2.45, 2.75) is 19.9 Å². The van der Waals surface area contributed by atoms with Crippen molar-refractivity contribution in [1.29, 1.82) is 0 Å². The van der Waals surface area contributed by atoms with Crippen molar-refractivity contribution < 1.29 is 4.39 Å². The molecule has 0 amide bonds. The molecule has 0 fully saturated rings. The van der Waals surface area contributed by atoms with Gasteiger partial charge in [0.25, 0.3) is 0 Å². The second kappa shape index (κ2) is 4.88. The van der Waals surface area contributed by atoms with E-state index in [1.165, 1.54) is 11.6 Å². The summed E-state index contributed by atoms with van der Waals surface area (Å²) in [5.41, 5.74) is 3.56. The lowest BCUT2D eigenvalue weighted by Gasteiger charge is -2.05. The molecule has 0 radical (unpaired) electrons. The Kier molecular flexibility index (Phi) is 3.08. The second-order valence-corrected chi connectivity index (χ2v) is 4.90. The zero-order valence-corrected chi connectivity index (χ0v) is 10.9. The van der Waals surface area contributed by atoms with Crippen LogP contribution in [0.2, 0.25) is 0 Å². The molecule has 0 atom stereocenters. The van der Waals surface area contributed by atoms with Crippen LogP contribution in [0.1, 0.15) is 11.1 Å². The first-order valence-electron chi connectivity index (χ1n) is 6.53. The lowest BCUT2D eigenvalue weighted by Crippen LogP contribution is -1.99. The summed E-state index contributed by atoms with van der Waals surface area (Å²) >= 11 is 0. The van der Waals surface area contributed by atoms with Crippen LogP contribution in [0, 0.1) is 12.7 Å². The molecular formula is C17H16FN. The number of benzene rings is 2. The molecule has 0 bridgehead atoms. The minimum absolute atomic E-state index is 0.170. The first kappa shape index (κ1) is 12.0. The van der Waals surface area contributed by atoms with Gasteiger partial charge in [-0.3, -0.25) is 0 Å². The van der Waals surface area contributed by atoms with Crippen molar-refractivity contribution >= 4 is 10.9 Å². The highest BCUT2D eigenvalue weighted by Crippen LogP contribution is 2.22. The van der Waals surface area contributed by atoms with Crippen molar-refractivity contribution in [3.05, 3.63) is 71.7 Å². The van der Waals surface area contributed by atoms with Gasteiger partial charge in [0, 0.05) is 23.6 Å². The molecule has 0 saturated heterocycles. The van der Waals surface area contributed by atoms with Crippen LogP contribution >= 0.6 is 0 Å². The quantitative estimate of drug-likeness (QED) is 0.654. The fourth-order valence-electron chi connectivity index (χ4n) is 2.53. The highest BCUT2D eigenvalue weighted by atomic mass is 19.1. The average molecular weight is 253 g/mol. The molecule has 2 heteroatoms. The van der Waals surface area contributed by atoms with Crippen molar-refractivity contribution in [1.82, 2.24) is 4.57 Å². The van der Waals surface area contributed by atoms with Crippen LogP contribution in [0.3, 0.4) is 0 Å². The summed E-state index contributed by atoms with van der Waals surface area (Å²) in [4.78, 5) is 0. The molecule has 0 aliphatic carbocycles. The molecule has 1 heterocycles. The lowest BCUT2D eigenvalue weighted by atomic mass is 10.1. The normalized spacial score (nSPS) is 11.1. The van der Waals surface area contributed by atoms with Gasteiger partial charge in [-0.1, -0.05) is 30.3 Å². The van der Waals surface area contributed by atoms with E-state index in [0.29, 0.717) is 0 Å². The second-order valence-electron chi connectivity index (χ2n) is 4.90. The molecule has 0 aliphatic rings. The predicted molar refractivity (Wildman–Crippen MR) is 76.8 cm³/mol. The van der Waals surface area contributed by atoms with E-state index >= 15 is 0 Å². The predicted octanol–water partition coefficient (Wildman–Crippen LogP) is 4.33. The molecule has 1 aromatic heterocycles. The first-order valence-corrected chi connectivity index (χ1v) is 6.53. The Morgan fingerprint density at radius 1 is 1.05 bits per heavy atom. The van der Waals surface area contributed by atoms with Gasteiger partial charge < -0.3 is 4.57 Å². The molecule has 0 aliphatic heterocycles. The Labute approximate surface area is 112 Å². The number of halogens is 1. The summed E-state index contributed by atoms with van der Waals surface area (Å²) in [5, 5.41) is 1.01. The maximum atomic E-state index is 13.3. The van der Waals surface area contributed by atoms with Gasteiger partial charge in [-0.15, -0.1) is 0 Å². The van der Waals surface area contributed by atoms with Crippen LogP contribution in [-0.4, -0.2) is 4.57 Å². The van der Waals surface area contributed by atoms with Gasteiger partial charge >= 0.3 is 0 Å². The van der Waals surface area contributed by atoms with Gasteiger partial charge in [0.1, 0.15) is 5.82 Å². The summed E-state index contributed by atoms with van der Waals surface area (Å²) in [6.07, 6.45) is 3.09. The van der Waals surface area contributed by atoms with Crippen LogP contribution in [0.5, 0.6) is 0 Å². The number of nitrogens with zero attached hydrogens (tertiary/aromatic N) is 1. The van der Waals surface area contributed by atoms with Crippen molar-refractivity contribution in [3.63, 3.8) is 0 Å². The Bertz CT molecular complexity index is 698. The fraction of sp³-hybridized carbons (Fsp3) is 0.176. The van der Waals surface area contributed by atoms with Gasteiger partial charge in [-0.25, -0.2) is 4.39 Å². The Balaban J connectivity index is 1.89. The molecule has 0 spiro atoms. The van der Waals surface area contributed by atoms with E-state index in [-0.39, 0.29) is 5.82 Å². The van der Waals surface area contributed by atoms with Crippen LogP contribution in [0.15, 0.2) is 54.7 Å². The third-order valence-corrected chi connectivity index (χ3v) is 3.53. The van der Waals surface area contributed by atoms with Crippen LogP contribution in [-0.2, 0) is 13.0 Å². The standard InChI is InChI=1S/C17H16FN/c1-13-12-19(10-9-14-5-3-2-4-6-14)17-8-7-15(18)11-16(13)17/h2-8,11-12H,9-10H2,1H3. The molecule has 0 N–H and O–H groups in total. The third-order valence-electron chi connectivity index (χ3n) is 3.53. The number of hydrogen-bond acceptors (Lipinski definition) is 0. The van der Waals surface area contributed by atoms with E-state index in [4.69, 9.17) is 0 Å². The zero-order chi connectivity index (χ0) is 13.2. The molecule has 19 heavy (non-hydrogen) atoms. The number of hydrogen-bond donors (Lipinski definition) is 0. The SMILES string of the molecule is Cc1cn(CCc2ccccc2)c2ccc(F)cc12. The van der Waals surface area contributed by atoms with E-state index in [2.05, 4.69) is 35.0 Å². The minimum atomic E-state index is -0.170. The third kappa shape index (κ3) is 2.39. The highest BCUT2D eigenvalue weighted by molar-refractivity contribution is 5.83. The van der Waals surface area contributed by atoms with Gasteiger partial charge in [0.15, 0.2) is 0 Å². The molecule has 3 rings (SSSR count). The molecule has 3 aromatic rings. The van der Waals surface area contributed by atoms with Gasteiger partial charge in [-0.2, -0.15) is 0 Å².